The van der Waals surface area contributed by atoms with Gasteiger partial charge in [0.15, 0.2) is 11.5 Å². The maximum atomic E-state index is 12.9. The van der Waals surface area contributed by atoms with Crippen LogP contribution in [-0.4, -0.2) is 48.7 Å². The maximum Gasteiger partial charge on any atom is 0.261 e. The Bertz CT molecular complexity index is 1300. The van der Waals surface area contributed by atoms with Gasteiger partial charge in [-0.25, -0.2) is 4.98 Å². The Hall–Kier alpha value is -4.08. The van der Waals surface area contributed by atoms with E-state index in [0.29, 0.717) is 41.1 Å². The number of nitrogens with two attached hydrogens (primary N) is 1. The smallest absolute Gasteiger partial charge is 0.261 e. The molecule has 1 aromatic heterocycles. The summed E-state index contributed by atoms with van der Waals surface area (Å²) >= 11 is 0. The van der Waals surface area contributed by atoms with Crippen molar-refractivity contribution in [2.45, 2.75) is 32.2 Å². The number of aromatic nitrogens is 2. The molecule has 2 amide bonds. The minimum atomic E-state index is -0.227. The molecule has 36 heavy (non-hydrogen) atoms. The zero-order valence-electron chi connectivity index (χ0n) is 20.5. The summed E-state index contributed by atoms with van der Waals surface area (Å²) in [6, 6.07) is 10.9. The molecular formula is C26H31N5O5. The SMILES string of the molecule is COc1cc2ncn(CCCC(=O)Nc3ccc(N4CCC(C(N)=O)CC4)cc3)c(=O)c2cc1OC. The highest BCUT2D eigenvalue weighted by Crippen LogP contribution is 2.30. The van der Waals surface area contributed by atoms with Gasteiger partial charge >= 0.3 is 0 Å². The van der Waals surface area contributed by atoms with Crippen molar-refractivity contribution >= 4 is 34.1 Å². The monoisotopic (exact) mass is 493 g/mol. The van der Waals surface area contributed by atoms with Gasteiger partial charge in [0.2, 0.25) is 11.8 Å². The number of carbonyl (C=O) groups is 2. The van der Waals surface area contributed by atoms with E-state index in [1.54, 1.807) is 12.1 Å². The van der Waals surface area contributed by atoms with E-state index in [-0.39, 0.29) is 29.7 Å². The van der Waals surface area contributed by atoms with Gasteiger partial charge in [-0.2, -0.15) is 0 Å². The number of methoxy groups -OCH3 is 2. The number of ether oxygens (including phenoxy) is 2. The Morgan fingerprint density at radius 3 is 2.39 bits per heavy atom. The molecule has 2 aromatic carbocycles. The predicted octanol–water partition coefficient (Wildman–Crippen LogP) is 2.53. The number of hydrogen-bond donors (Lipinski definition) is 2. The fourth-order valence-corrected chi connectivity index (χ4v) is 4.46. The molecule has 1 saturated heterocycles. The van der Waals surface area contributed by atoms with Crippen molar-refractivity contribution in [2.75, 3.05) is 37.5 Å². The first-order valence-electron chi connectivity index (χ1n) is 11.9. The first kappa shape index (κ1) is 25.0. The van der Waals surface area contributed by atoms with E-state index in [9.17, 15) is 14.4 Å². The van der Waals surface area contributed by atoms with Crippen LogP contribution in [0.2, 0.25) is 0 Å². The van der Waals surface area contributed by atoms with E-state index >= 15 is 0 Å². The molecule has 0 bridgehead atoms. The van der Waals surface area contributed by atoms with E-state index in [2.05, 4.69) is 15.2 Å². The van der Waals surface area contributed by atoms with Crippen molar-refractivity contribution < 1.29 is 19.1 Å². The van der Waals surface area contributed by atoms with Crippen molar-refractivity contribution in [2.24, 2.45) is 11.7 Å². The Kier molecular flexibility index (Phi) is 7.72. The molecule has 1 aliphatic heterocycles. The summed E-state index contributed by atoms with van der Waals surface area (Å²) in [5, 5.41) is 3.33. The van der Waals surface area contributed by atoms with Gasteiger partial charge in [-0.3, -0.25) is 19.0 Å². The second kappa shape index (κ2) is 11.1. The summed E-state index contributed by atoms with van der Waals surface area (Å²) < 4.78 is 12.1. The Balaban J connectivity index is 1.30. The van der Waals surface area contributed by atoms with E-state index < -0.39 is 0 Å². The summed E-state index contributed by atoms with van der Waals surface area (Å²) in [4.78, 5) is 43.2. The molecule has 1 aliphatic rings. The molecule has 4 rings (SSSR count). The van der Waals surface area contributed by atoms with Crippen LogP contribution < -0.4 is 31.0 Å². The highest BCUT2D eigenvalue weighted by atomic mass is 16.5. The Morgan fingerprint density at radius 1 is 1.08 bits per heavy atom. The lowest BCUT2D eigenvalue weighted by molar-refractivity contribution is -0.122. The number of piperidine rings is 1. The van der Waals surface area contributed by atoms with Gasteiger partial charge in [0, 0.05) is 49.4 Å². The minimum absolute atomic E-state index is 0.0487. The molecule has 10 nitrogen and oxygen atoms in total. The number of primary amides is 1. The molecule has 3 N–H and O–H groups in total. The summed E-state index contributed by atoms with van der Waals surface area (Å²) in [6.07, 6.45) is 3.74. The molecule has 0 radical (unpaired) electrons. The summed E-state index contributed by atoms with van der Waals surface area (Å²) in [7, 11) is 3.04. The highest BCUT2D eigenvalue weighted by molar-refractivity contribution is 5.90. The predicted molar refractivity (Wildman–Crippen MR) is 138 cm³/mol. The number of nitrogens with one attached hydrogen (secondary N) is 1. The van der Waals surface area contributed by atoms with Crippen LogP contribution in [0.15, 0.2) is 47.5 Å². The van der Waals surface area contributed by atoms with Gasteiger partial charge in [0.25, 0.3) is 5.56 Å². The fourth-order valence-electron chi connectivity index (χ4n) is 4.46. The van der Waals surface area contributed by atoms with E-state index in [4.69, 9.17) is 15.2 Å². The third-order valence-corrected chi connectivity index (χ3v) is 6.55. The van der Waals surface area contributed by atoms with Crippen LogP contribution in [0.25, 0.3) is 10.9 Å². The Morgan fingerprint density at radius 2 is 1.75 bits per heavy atom. The highest BCUT2D eigenvalue weighted by Gasteiger charge is 2.23. The maximum absolute atomic E-state index is 12.9. The van der Waals surface area contributed by atoms with Gasteiger partial charge in [0.1, 0.15) is 0 Å². The molecular weight excluding hydrogens is 462 g/mol. The van der Waals surface area contributed by atoms with Gasteiger partial charge in [-0.15, -0.1) is 0 Å². The Labute approximate surface area is 209 Å². The zero-order chi connectivity index (χ0) is 25.7. The van der Waals surface area contributed by atoms with Gasteiger partial charge in [-0.05, 0) is 49.6 Å². The number of benzene rings is 2. The van der Waals surface area contributed by atoms with Crippen LogP contribution in [0.4, 0.5) is 11.4 Å². The number of carbonyl (C=O) groups excluding carboxylic acids is 2. The molecule has 1 fully saturated rings. The molecule has 0 unspecified atom stereocenters. The molecule has 3 aromatic rings. The number of rotatable bonds is 9. The summed E-state index contributed by atoms with van der Waals surface area (Å²) in [5.41, 5.74) is 7.49. The lowest BCUT2D eigenvalue weighted by atomic mass is 9.96. The van der Waals surface area contributed by atoms with Crippen LogP contribution in [0, 0.1) is 5.92 Å². The summed E-state index contributed by atoms with van der Waals surface area (Å²) in [5.74, 6) is 0.565. The molecule has 0 saturated carbocycles. The third kappa shape index (κ3) is 5.59. The number of hydrogen-bond acceptors (Lipinski definition) is 7. The average Bonchev–Trinajstić information content (AvgIpc) is 2.89. The number of nitrogens with zero attached hydrogens (tertiary/aromatic N) is 3. The standard InChI is InChI=1S/C26H31N5O5/c1-35-22-14-20-21(15-23(22)36-2)28-16-31(26(20)34)11-3-4-24(32)29-18-5-7-19(8-6-18)30-12-9-17(10-13-30)25(27)33/h5-8,14-17H,3-4,9-13H2,1-2H3,(H2,27,33)(H,29,32). The largest absolute Gasteiger partial charge is 0.493 e. The molecule has 190 valence electrons. The van der Waals surface area contributed by atoms with Crippen LogP contribution >= 0.6 is 0 Å². The van der Waals surface area contributed by atoms with E-state index in [0.717, 1.165) is 31.6 Å². The second-order valence-corrected chi connectivity index (χ2v) is 8.83. The van der Waals surface area contributed by atoms with Crippen LogP contribution in [0.1, 0.15) is 25.7 Å². The topological polar surface area (TPSA) is 129 Å². The van der Waals surface area contributed by atoms with Crippen molar-refractivity contribution in [3.05, 3.63) is 53.1 Å². The van der Waals surface area contributed by atoms with Crippen molar-refractivity contribution in [1.29, 1.82) is 0 Å². The molecule has 2 heterocycles. The first-order chi connectivity index (χ1) is 17.4. The van der Waals surface area contributed by atoms with Crippen LogP contribution in [-0.2, 0) is 16.1 Å². The minimum Gasteiger partial charge on any atom is -0.493 e. The molecule has 0 aliphatic carbocycles. The number of fused-ring (bicyclic) bond motifs is 1. The van der Waals surface area contributed by atoms with E-state index in [1.807, 2.05) is 24.3 Å². The van der Waals surface area contributed by atoms with Gasteiger partial charge < -0.3 is 25.4 Å². The summed E-state index contributed by atoms with van der Waals surface area (Å²) in [6.45, 7) is 1.93. The third-order valence-electron chi connectivity index (χ3n) is 6.55. The number of aryl methyl sites for hydroxylation is 1. The molecule has 10 heteroatoms. The molecule has 0 atom stereocenters. The lowest BCUT2D eigenvalue weighted by Gasteiger charge is -2.32. The van der Waals surface area contributed by atoms with Crippen molar-refractivity contribution in [1.82, 2.24) is 9.55 Å². The fraction of sp³-hybridized carbons (Fsp3) is 0.385. The lowest BCUT2D eigenvalue weighted by Crippen LogP contribution is -2.38. The molecule has 0 spiro atoms. The van der Waals surface area contributed by atoms with Crippen LogP contribution in [0.3, 0.4) is 0 Å². The van der Waals surface area contributed by atoms with Crippen molar-refractivity contribution in [3.63, 3.8) is 0 Å². The average molecular weight is 494 g/mol. The van der Waals surface area contributed by atoms with Crippen molar-refractivity contribution in [3.8, 4) is 11.5 Å². The second-order valence-electron chi connectivity index (χ2n) is 8.83. The van der Waals surface area contributed by atoms with Gasteiger partial charge in [-0.1, -0.05) is 0 Å². The van der Waals surface area contributed by atoms with Gasteiger partial charge in [0.05, 0.1) is 31.4 Å². The number of anilines is 2. The zero-order valence-corrected chi connectivity index (χ0v) is 20.5. The van der Waals surface area contributed by atoms with E-state index in [1.165, 1.54) is 25.1 Å². The normalized spacial score (nSPS) is 14.0. The van der Waals surface area contributed by atoms with Crippen LogP contribution in [0.5, 0.6) is 11.5 Å². The number of amides is 2. The quantitative estimate of drug-likeness (QED) is 0.469. The first-order valence-corrected chi connectivity index (χ1v) is 11.9.